The lowest BCUT2D eigenvalue weighted by Crippen LogP contribution is -2.13. The molecule has 13 heavy (non-hydrogen) atoms. The molecule has 70 valence electrons. The molecule has 1 aromatic rings. The quantitative estimate of drug-likeness (QED) is 0.552. The van der Waals surface area contributed by atoms with Crippen molar-refractivity contribution in [2.24, 2.45) is 5.73 Å². The maximum absolute atomic E-state index is 10.6. The van der Waals surface area contributed by atoms with E-state index in [4.69, 9.17) is 16.6 Å². The standard InChI is InChI=1S/C6H7N3O4/c7-4-2(1-3(10)11)13-9-5(4)6(8)12/h1,7H2,(H2,8,12)(H,10,11). The summed E-state index contributed by atoms with van der Waals surface area (Å²) in [6, 6.07) is 0. The molecular weight excluding hydrogens is 178 g/mol. The molecule has 0 aliphatic rings. The number of nitrogens with zero attached hydrogens (tertiary/aromatic N) is 1. The minimum Gasteiger partial charge on any atom is -0.481 e. The van der Waals surface area contributed by atoms with E-state index in [-0.39, 0.29) is 17.1 Å². The van der Waals surface area contributed by atoms with Gasteiger partial charge >= 0.3 is 5.97 Å². The van der Waals surface area contributed by atoms with Gasteiger partial charge in [0.15, 0.2) is 11.5 Å². The predicted molar refractivity (Wildman–Crippen MR) is 40.8 cm³/mol. The lowest BCUT2D eigenvalue weighted by atomic mass is 10.2. The Bertz CT molecular complexity index is 357. The first-order chi connectivity index (χ1) is 6.02. The minimum absolute atomic E-state index is 0.0682. The van der Waals surface area contributed by atoms with Gasteiger partial charge in [-0.15, -0.1) is 0 Å². The van der Waals surface area contributed by atoms with Crippen molar-refractivity contribution in [3.05, 3.63) is 11.5 Å². The van der Waals surface area contributed by atoms with E-state index < -0.39 is 18.3 Å². The number of carbonyl (C=O) groups is 2. The number of carboxylic acids is 1. The molecule has 7 nitrogen and oxygen atoms in total. The second-order valence-corrected chi connectivity index (χ2v) is 2.30. The number of rotatable bonds is 3. The van der Waals surface area contributed by atoms with Crippen LogP contribution in [0.1, 0.15) is 16.2 Å². The third-order valence-corrected chi connectivity index (χ3v) is 1.35. The zero-order valence-electron chi connectivity index (χ0n) is 6.48. The van der Waals surface area contributed by atoms with Gasteiger partial charge in [0, 0.05) is 0 Å². The summed E-state index contributed by atoms with van der Waals surface area (Å²) in [4.78, 5) is 20.8. The lowest BCUT2D eigenvalue weighted by molar-refractivity contribution is -0.136. The number of nitrogens with two attached hydrogens (primary N) is 2. The van der Waals surface area contributed by atoms with Crippen LogP contribution in [0.3, 0.4) is 0 Å². The third-order valence-electron chi connectivity index (χ3n) is 1.35. The summed E-state index contributed by atoms with van der Waals surface area (Å²) in [7, 11) is 0. The van der Waals surface area contributed by atoms with Crippen LogP contribution in [0.15, 0.2) is 4.52 Å². The zero-order valence-corrected chi connectivity index (χ0v) is 6.48. The summed E-state index contributed by atoms with van der Waals surface area (Å²) < 4.78 is 4.51. The van der Waals surface area contributed by atoms with Crippen LogP contribution in [0, 0.1) is 0 Å². The minimum atomic E-state index is -1.13. The molecule has 0 saturated carbocycles. The Labute approximate surface area is 72.3 Å². The van der Waals surface area contributed by atoms with Crippen molar-refractivity contribution in [3.63, 3.8) is 0 Å². The summed E-state index contributed by atoms with van der Waals surface area (Å²) in [5.74, 6) is -2.04. The number of anilines is 1. The van der Waals surface area contributed by atoms with Crippen LogP contribution in [0.2, 0.25) is 0 Å². The van der Waals surface area contributed by atoms with Gasteiger partial charge in [-0.25, -0.2) is 0 Å². The Morgan fingerprint density at radius 3 is 2.54 bits per heavy atom. The predicted octanol–water partition coefficient (Wildman–Crippen LogP) is -1.02. The van der Waals surface area contributed by atoms with Gasteiger partial charge in [0.05, 0.1) is 0 Å². The summed E-state index contributed by atoms with van der Waals surface area (Å²) in [6.07, 6.45) is -0.424. The average Bonchev–Trinajstić information content (AvgIpc) is 2.32. The van der Waals surface area contributed by atoms with Gasteiger partial charge in [-0.3, -0.25) is 9.59 Å². The largest absolute Gasteiger partial charge is 0.481 e. The first kappa shape index (κ1) is 9.04. The number of aromatic nitrogens is 1. The number of hydrogen-bond donors (Lipinski definition) is 3. The van der Waals surface area contributed by atoms with Crippen LogP contribution in [-0.4, -0.2) is 22.1 Å². The van der Waals surface area contributed by atoms with Crippen molar-refractivity contribution in [1.29, 1.82) is 0 Å². The van der Waals surface area contributed by atoms with E-state index in [0.717, 1.165) is 0 Å². The van der Waals surface area contributed by atoms with Crippen molar-refractivity contribution < 1.29 is 19.2 Å². The SMILES string of the molecule is NC(=O)c1noc(CC(=O)O)c1N. The fourth-order valence-electron chi connectivity index (χ4n) is 0.774. The molecule has 0 aliphatic heterocycles. The summed E-state index contributed by atoms with van der Waals surface area (Å²) in [5, 5.41) is 11.6. The number of carbonyl (C=O) groups excluding carboxylic acids is 1. The summed E-state index contributed by atoms with van der Waals surface area (Å²) in [6.45, 7) is 0. The first-order valence-corrected chi connectivity index (χ1v) is 3.28. The summed E-state index contributed by atoms with van der Waals surface area (Å²) in [5.41, 5.74) is 9.85. The van der Waals surface area contributed by atoms with Crippen LogP contribution in [0.4, 0.5) is 5.69 Å². The van der Waals surface area contributed by atoms with Gasteiger partial charge in [-0.2, -0.15) is 0 Å². The third kappa shape index (κ3) is 1.75. The Morgan fingerprint density at radius 2 is 2.15 bits per heavy atom. The molecule has 1 amide bonds. The molecule has 0 radical (unpaired) electrons. The topological polar surface area (TPSA) is 132 Å². The Balaban J connectivity index is 2.99. The van der Waals surface area contributed by atoms with Crippen LogP contribution >= 0.6 is 0 Å². The van der Waals surface area contributed by atoms with E-state index in [2.05, 4.69) is 9.68 Å². The lowest BCUT2D eigenvalue weighted by Gasteiger charge is -1.91. The molecule has 1 aromatic heterocycles. The Kier molecular flexibility index (Phi) is 2.18. The highest BCUT2D eigenvalue weighted by molar-refractivity contribution is 5.96. The van der Waals surface area contributed by atoms with E-state index in [0.29, 0.717) is 0 Å². The number of carboxylic acid groups (broad SMARTS) is 1. The Hall–Kier alpha value is -2.05. The smallest absolute Gasteiger partial charge is 0.311 e. The molecule has 1 rings (SSSR count). The maximum atomic E-state index is 10.6. The number of amides is 1. The highest BCUT2D eigenvalue weighted by Crippen LogP contribution is 2.16. The molecule has 5 N–H and O–H groups in total. The molecule has 0 unspecified atom stereocenters. The average molecular weight is 185 g/mol. The molecule has 0 spiro atoms. The number of nitrogen functional groups attached to an aromatic ring is 1. The molecule has 0 atom stereocenters. The van der Waals surface area contributed by atoms with Gasteiger partial charge in [0.2, 0.25) is 0 Å². The van der Waals surface area contributed by atoms with Crippen molar-refractivity contribution >= 4 is 17.6 Å². The van der Waals surface area contributed by atoms with E-state index in [9.17, 15) is 9.59 Å². The highest BCUT2D eigenvalue weighted by Gasteiger charge is 2.18. The van der Waals surface area contributed by atoms with Gasteiger partial charge in [-0.1, -0.05) is 5.16 Å². The van der Waals surface area contributed by atoms with Crippen molar-refractivity contribution in [1.82, 2.24) is 5.16 Å². The van der Waals surface area contributed by atoms with Crippen molar-refractivity contribution in [3.8, 4) is 0 Å². The number of primary amides is 1. The van der Waals surface area contributed by atoms with Crippen molar-refractivity contribution in [2.75, 3.05) is 5.73 Å². The van der Waals surface area contributed by atoms with E-state index in [1.165, 1.54) is 0 Å². The van der Waals surface area contributed by atoms with E-state index >= 15 is 0 Å². The van der Waals surface area contributed by atoms with Gasteiger partial charge in [-0.05, 0) is 0 Å². The molecule has 0 aromatic carbocycles. The van der Waals surface area contributed by atoms with Crippen LogP contribution in [0.5, 0.6) is 0 Å². The second kappa shape index (κ2) is 3.13. The molecule has 0 bridgehead atoms. The van der Waals surface area contributed by atoms with Gasteiger partial charge < -0.3 is 21.1 Å². The van der Waals surface area contributed by atoms with Crippen molar-refractivity contribution in [2.45, 2.75) is 6.42 Å². The fraction of sp³-hybridized carbons (Fsp3) is 0.167. The van der Waals surface area contributed by atoms with E-state index in [1.54, 1.807) is 0 Å². The Morgan fingerprint density at radius 1 is 1.54 bits per heavy atom. The number of hydrogen-bond acceptors (Lipinski definition) is 5. The van der Waals surface area contributed by atoms with Gasteiger partial charge in [0.1, 0.15) is 12.1 Å². The molecule has 0 saturated heterocycles. The normalized spacial score (nSPS) is 9.85. The highest BCUT2D eigenvalue weighted by atomic mass is 16.5. The van der Waals surface area contributed by atoms with Crippen LogP contribution in [0.25, 0.3) is 0 Å². The zero-order chi connectivity index (χ0) is 10.0. The van der Waals surface area contributed by atoms with Crippen LogP contribution < -0.4 is 11.5 Å². The number of aliphatic carboxylic acids is 1. The fourth-order valence-corrected chi connectivity index (χ4v) is 0.774. The second-order valence-electron chi connectivity index (χ2n) is 2.30. The monoisotopic (exact) mass is 185 g/mol. The van der Waals surface area contributed by atoms with Gasteiger partial charge in [0.25, 0.3) is 5.91 Å². The molecular formula is C6H7N3O4. The molecule has 0 fully saturated rings. The summed E-state index contributed by atoms with van der Waals surface area (Å²) >= 11 is 0. The maximum Gasteiger partial charge on any atom is 0.311 e. The van der Waals surface area contributed by atoms with Crippen LogP contribution in [-0.2, 0) is 11.2 Å². The van der Waals surface area contributed by atoms with E-state index in [1.807, 2.05) is 0 Å². The molecule has 7 heteroatoms. The molecule has 0 aliphatic carbocycles. The first-order valence-electron chi connectivity index (χ1n) is 3.28. The molecule has 1 heterocycles.